The average molecular weight is 402 g/mol. The van der Waals surface area contributed by atoms with Gasteiger partial charge in [0.2, 0.25) is 0 Å². The molecule has 0 unspecified atom stereocenters. The first kappa shape index (κ1) is 19.7. The summed E-state index contributed by atoms with van der Waals surface area (Å²) in [5, 5.41) is 12.0. The van der Waals surface area contributed by atoms with Gasteiger partial charge in [-0.2, -0.15) is 0 Å². The number of hydrogen-bond donors (Lipinski definition) is 4. The highest BCUT2D eigenvalue weighted by Gasteiger charge is 2.16. The second kappa shape index (κ2) is 8.04. The summed E-state index contributed by atoms with van der Waals surface area (Å²) >= 11 is 0. The Morgan fingerprint density at radius 3 is 2.83 bits per heavy atom. The van der Waals surface area contributed by atoms with Gasteiger partial charge in [-0.1, -0.05) is 13.0 Å². The summed E-state index contributed by atoms with van der Waals surface area (Å²) in [5.41, 5.74) is 12.7. The van der Waals surface area contributed by atoms with E-state index < -0.39 is 0 Å². The minimum atomic E-state index is -0.355. The van der Waals surface area contributed by atoms with Crippen molar-refractivity contribution in [2.75, 3.05) is 12.3 Å². The summed E-state index contributed by atoms with van der Waals surface area (Å²) in [6, 6.07) is 9.90. The average Bonchev–Trinajstić information content (AvgIpc) is 3.16. The van der Waals surface area contributed by atoms with Crippen molar-refractivity contribution in [2.24, 2.45) is 0 Å². The number of imidazole rings is 1. The van der Waals surface area contributed by atoms with Crippen LogP contribution in [0.4, 0.5) is 10.1 Å². The molecule has 0 spiro atoms. The van der Waals surface area contributed by atoms with Crippen LogP contribution in [0.15, 0.2) is 48.8 Å². The Hall–Kier alpha value is -3.58. The summed E-state index contributed by atoms with van der Waals surface area (Å²) in [6.45, 7) is 5.76. The Kier molecular flexibility index (Phi) is 5.29. The Morgan fingerprint density at radius 2 is 2.03 bits per heavy atom. The topological polar surface area (TPSA) is 103 Å². The maximum Gasteiger partial charge on any atom is 0.157 e. The molecule has 152 valence electrons. The Balaban J connectivity index is 1.74. The molecule has 2 aromatic heterocycles. The lowest BCUT2D eigenvalue weighted by Gasteiger charge is -2.13. The second-order valence-electron chi connectivity index (χ2n) is 7.18. The van der Waals surface area contributed by atoms with Crippen LogP contribution in [0, 0.1) is 18.2 Å². The van der Waals surface area contributed by atoms with Crippen LogP contribution in [0.25, 0.3) is 22.2 Å². The lowest BCUT2D eigenvalue weighted by Crippen LogP contribution is -2.13. The number of fused-ring (bicyclic) bond motifs is 1. The molecule has 0 fully saturated rings. The van der Waals surface area contributed by atoms with Crippen LogP contribution in [0.5, 0.6) is 0 Å². The summed E-state index contributed by atoms with van der Waals surface area (Å²) in [5.74, 6) is -0.0126. The van der Waals surface area contributed by atoms with Gasteiger partial charge in [-0.15, -0.1) is 0 Å². The maximum absolute atomic E-state index is 13.5. The van der Waals surface area contributed by atoms with Gasteiger partial charge >= 0.3 is 0 Å². The number of nitrogens with one attached hydrogen (secondary N) is 3. The van der Waals surface area contributed by atoms with Crippen LogP contribution in [0.1, 0.15) is 29.4 Å². The van der Waals surface area contributed by atoms with Gasteiger partial charge in [0.25, 0.3) is 0 Å². The van der Waals surface area contributed by atoms with E-state index in [9.17, 15) is 4.39 Å². The molecule has 0 amide bonds. The largest absolute Gasteiger partial charge is 0.398 e. The number of aromatic amines is 1. The van der Waals surface area contributed by atoms with Crippen LogP contribution in [-0.2, 0) is 6.54 Å². The third kappa shape index (κ3) is 3.67. The molecule has 30 heavy (non-hydrogen) atoms. The van der Waals surface area contributed by atoms with Crippen LogP contribution in [0.3, 0.4) is 0 Å². The van der Waals surface area contributed by atoms with Gasteiger partial charge in [-0.3, -0.25) is 10.4 Å². The summed E-state index contributed by atoms with van der Waals surface area (Å²) in [4.78, 5) is 11.8. The molecule has 0 saturated carbocycles. The summed E-state index contributed by atoms with van der Waals surface area (Å²) < 4.78 is 13.5. The number of halogens is 1. The van der Waals surface area contributed by atoms with E-state index in [2.05, 4.69) is 34.1 Å². The molecule has 0 aliphatic carbocycles. The number of rotatable bonds is 6. The van der Waals surface area contributed by atoms with Crippen molar-refractivity contribution in [3.05, 3.63) is 77.1 Å². The fraction of sp³-hybridized carbons (Fsp3) is 0.174. The molecule has 0 saturated heterocycles. The zero-order valence-electron chi connectivity index (χ0n) is 16.9. The Morgan fingerprint density at radius 1 is 1.20 bits per heavy atom. The lowest BCUT2D eigenvalue weighted by molar-refractivity contribution is 0.629. The van der Waals surface area contributed by atoms with Crippen LogP contribution in [0.2, 0.25) is 0 Å². The fourth-order valence-electron chi connectivity index (χ4n) is 3.47. The lowest BCUT2D eigenvalue weighted by atomic mass is 9.95. The van der Waals surface area contributed by atoms with Crippen molar-refractivity contribution in [1.82, 2.24) is 20.3 Å². The number of pyridine rings is 1. The van der Waals surface area contributed by atoms with E-state index in [0.717, 1.165) is 35.3 Å². The van der Waals surface area contributed by atoms with Crippen molar-refractivity contribution in [1.29, 1.82) is 5.41 Å². The number of nitrogens with zero attached hydrogens (tertiary/aromatic N) is 2. The summed E-state index contributed by atoms with van der Waals surface area (Å²) in [7, 11) is 0. The standard InChI is InChI=1S/C23H23FN6/c1-3-27-10-15-11-28-12-18(13(15)2)14-4-6-19(25)17(8-14)22(26)23-29-20-7-5-16(24)9-21(20)30-23/h4-9,11-12,26-27H,3,10,25H2,1-2H3,(H,29,30). The quantitative estimate of drug-likeness (QED) is 0.287. The first-order chi connectivity index (χ1) is 14.5. The van der Waals surface area contributed by atoms with E-state index in [0.29, 0.717) is 28.1 Å². The van der Waals surface area contributed by atoms with E-state index in [1.165, 1.54) is 12.1 Å². The van der Waals surface area contributed by atoms with Crippen LogP contribution < -0.4 is 11.1 Å². The van der Waals surface area contributed by atoms with Crippen molar-refractivity contribution in [3.63, 3.8) is 0 Å². The SMILES string of the molecule is CCNCc1cncc(-c2ccc(N)c(C(=N)c3nc4ccc(F)cc4[nH]3)c2)c1C. The number of benzene rings is 2. The minimum absolute atomic E-state index is 0.153. The zero-order chi connectivity index (χ0) is 21.3. The van der Waals surface area contributed by atoms with Gasteiger partial charge in [0.1, 0.15) is 11.5 Å². The normalized spacial score (nSPS) is 11.2. The number of H-pyrrole nitrogens is 1. The number of anilines is 1. The van der Waals surface area contributed by atoms with E-state index >= 15 is 0 Å². The summed E-state index contributed by atoms with van der Waals surface area (Å²) in [6.07, 6.45) is 3.70. The van der Waals surface area contributed by atoms with Gasteiger partial charge < -0.3 is 16.0 Å². The number of aromatic nitrogens is 3. The first-order valence-electron chi connectivity index (χ1n) is 9.76. The third-order valence-electron chi connectivity index (χ3n) is 5.20. The zero-order valence-corrected chi connectivity index (χ0v) is 16.9. The smallest absolute Gasteiger partial charge is 0.157 e. The predicted octanol–water partition coefficient (Wildman–Crippen LogP) is 4.18. The highest BCUT2D eigenvalue weighted by molar-refractivity contribution is 6.13. The van der Waals surface area contributed by atoms with Gasteiger partial charge in [0, 0.05) is 35.8 Å². The molecule has 2 heterocycles. The third-order valence-corrected chi connectivity index (χ3v) is 5.20. The minimum Gasteiger partial charge on any atom is -0.398 e. The van der Waals surface area contributed by atoms with E-state index in [4.69, 9.17) is 11.1 Å². The van der Waals surface area contributed by atoms with E-state index in [1.54, 1.807) is 12.1 Å². The second-order valence-corrected chi connectivity index (χ2v) is 7.18. The Labute approximate surface area is 173 Å². The van der Waals surface area contributed by atoms with Crippen LogP contribution in [-0.4, -0.2) is 27.2 Å². The number of hydrogen-bond acceptors (Lipinski definition) is 5. The van der Waals surface area contributed by atoms with Gasteiger partial charge in [0.15, 0.2) is 5.82 Å². The predicted molar refractivity (Wildman–Crippen MR) is 118 cm³/mol. The molecule has 0 aliphatic heterocycles. The molecule has 0 atom stereocenters. The molecule has 5 N–H and O–H groups in total. The molecule has 0 radical (unpaired) electrons. The Bertz CT molecular complexity index is 1240. The molecule has 6 nitrogen and oxygen atoms in total. The molecule has 4 rings (SSSR count). The van der Waals surface area contributed by atoms with Crippen molar-refractivity contribution >= 4 is 22.4 Å². The van der Waals surface area contributed by atoms with E-state index in [1.807, 2.05) is 24.5 Å². The number of nitrogen functional groups attached to an aromatic ring is 1. The molecule has 0 bridgehead atoms. The highest BCUT2D eigenvalue weighted by atomic mass is 19.1. The monoisotopic (exact) mass is 402 g/mol. The number of nitrogens with two attached hydrogens (primary N) is 1. The molecule has 4 aromatic rings. The van der Waals surface area contributed by atoms with Gasteiger partial charge in [-0.05, 0) is 60.5 Å². The maximum atomic E-state index is 13.5. The molecule has 7 heteroatoms. The van der Waals surface area contributed by atoms with Crippen LogP contribution >= 0.6 is 0 Å². The van der Waals surface area contributed by atoms with Crippen molar-refractivity contribution in [3.8, 4) is 11.1 Å². The fourth-order valence-corrected chi connectivity index (χ4v) is 3.47. The highest BCUT2D eigenvalue weighted by Crippen LogP contribution is 2.29. The molecule has 0 aliphatic rings. The first-order valence-corrected chi connectivity index (χ1v) is 9.76. The molecular formula is C23H23FN6. The van der Waals surface area contributed by atoms with Gasteiger partial charge in [-0.25, -0.2) is 9.37 Å². The van der Waals surface area contributed by atoms with Gasteiger partial charge in [0.05, 0.1) is 11.0 Å². The molecule has 2 aromatic carbocycles. The van der Waals surface area contributed by atoms with Crippen molar-refractivity contribution in [2.45, 2.75) is 20.4 Å². The van der Waals surface area contributed by atoms with Crippen molar-refractivity contribution < 1.29 is 4.39 Å². The molecular weight excluding hydrogens is 379 g/mol. The van der Waals surface area contributed by atoms with E-state index in [-0.39, 0.29) is 11.5 Å².